The second kappa shape index (κ2) is 5.73. The second-order valence-electron chi connectivity index (χ2n) is 4.55. The highest BCUT2D eigenvalue weighted by Gasteiger charge is 2.19. The van der Waals surface area contributed by atoms with Crippen LogP contribution >= 0.6 is 0 Å². The largest absolute Gasteiger partial charge is 0.493 e. The van der Waals surface area contributed by atoms with Crippen LogP contribution < -0.4 is 10.1 Å². The molecule has 1 aliphatic rings. The summed E-state index contributed by atoms with van der Waals surface area (Å²) in [7, 11) is 0. The maximum atomic E-state index is 12.0. The highest BCUT2D eigenvalue weighted by molar-refractivity contribution is 5.96. The zero-order chi connectivity index (χ0) is 13.8. The van der Waals surface area contributed by atoms with Gasteiger partial charge in [0.25, 0.3) is 5.91 Å². The Hall–Kier alpha value is -2.04. The Labute approximate surface area is 111 Å². The van der Waals surface area contributed by atoms with Crippen molar-refractivity contribution in [3.05, 3.63) is 29.3 Å². The van der Waals surface area contributed by atoms with Crippen LogP contribution in [0.1, 0.15) is 35.7 Å². The van der Waals surface area contributed by atoms with Crippen LogP contribution in [0.25, 0.3) is 0 Å². The van der Waals surface area contributed by atoms with Crippen molar-refractivity contribution < 1.29 is 19.4 Å². The van der Waals surface area contributed by atoms with Crippen LogP contribution in [0.4, 0.5) is 0 Å². The number of carboxylic acids is 1. The van der Waals surface area contributed by atoms with Gasteiger partial charge < -0.3 is 15.2 Å². The molecule has 0 unspecified atom stereocenters. The predicted octanol–water partition coefficient (Wildman–Crippen LogP) is 1.60. The van der Waals surface area contributed by atoms with Gasteiger partial charge in [-0.1, -0.05) is 6.92 Å². The monoisotopic (exact) mass is 263 g/mol. The fraction of sp³-hybridized carbons (Fsp3) is 0.429. The number of hydrogen-bond donors (Lipinski definition) is 2. The van der Waals surface area contributed by atoms with Crippen LogP contribution in [-0.4, -0.2) is 29.6 Å². The van der Waals surface area contributed by atoms with Crippen molar-refractivity contribution in [3.63, 3.8) is 0 Å². The molecule has 2 N–H and O–H groups in total. The molecule has 0 bridgehead atoms. The number of aryl methyl sites for hydroxylation is 1. The summed E-state index contributed by atoms with van der Waals surface area (Å²) in [4.78, 5) is 22.9. The van der Waals surface area contributed by atoms with Crippen molar-refractivity contribution in [2.45, 2.75) is 32.2 Å². The molecule has 0 aliphatic carbocycles. The molecule has 0 saturated carbocycles. The number of ether oxygens (including phenoxy) is 1. The molecule has 5 nitrogen and oxygen atoms in total. The van der Waals surface area contributed by atoms with Gasteiger partial charge in [0.15, 0.2) is 0 Å². The van der Waals surface area contributed by atoms with Crippen molar-refractivity contribution in [2.24, 2.45) is 0 Å². The first kappa shape index (κ1) is 13.4. The predicted molar refractivity (Wildman–Crippen MR) is 69.4 cm³/mol. The maximum absolute atomic E-state index is 12.0. The van der Waals surface area contributed by atoms with E-state index in [2.05, 4.69) is 5.32 Å². The fourth-order valence-corrected chi connectivity index (χ4v) is 2.08. The Balaban J connectivity index is 2.13. The molecule has 0 spiro atoms. The topological polar surface area (TPSA) is 75.6 Å². The van der Waals surface area contributed by atoms with Crippen molar-refractivity contribution in [2.75, 3.05) is 6.61 Å². The summed E-state index contributed by atoms with van der Waals surface area (Å²) in [6.45, 7) is 2.43. The Bertz CT molecular complexity index is 498. The lowest BCUT2D eigenvalue weighted by atomic mass is 10.0. The standard InChI is InChI=1S/C14H17NO4/c1-2-11(14(17)18)15-13(16)10-5-6-12-9(8-10)4-3-7-19-12/h5-6,8,11H,2-4,7H2,1H3,(H,15,16)(H,17,18)/t11-/m0/s1. The van der Waals surface area contributed by atoms with E-state index < -0.39 is 12.0 Å². The van der Waals surface area contributed by atoms with Crippen molar-refractivity contribution >= 4 is 11.9 Å². The fourth-order valence-electron chi connectivity index (χ4n) is 2.08. The van der Waals surface area contributed by atoms with E-state index in [1.165, 1.54) is 0 Å². The first-order valence-corrected chi connectivity index (χ1v) is 6.41. The molecule has 1 atom stereocenters. The lowest BCUT2D eigenvalue weighted by molar-refractivity contribution is -0.139. The third-order valence-corrected chi connectivity index (χ3v) is 3.18. The molecule has 0 aromatic heterocycles. The number of rotatable bonds is 4. The van der Waals surface area contributed by atoms with E-state index in [9.17, 15) is 9.59 Å². The molecule has 5 heteroatoms. The molecule has 0 fully saturated rings. The van der Waals surface area contributed by atoms with Crippen LogP contribution in [0.3, 0.4) is 0 Å². The summed E-state index contributed by atoms with van der Waals surface area (Å²) < 4.78 is 5.47. The lowest BCUT2D eigenvalue weighted by Gasteiger charge is -2.18. The Morgan fingerprint density at radius 2 is 2.26 bits per heavy atom. The first-order valence-electron chi connectivity index (χ1n) is 6.41. The zero-order valence-corrected chi connectivity index (χ0v) is 10.8. The number of carbonyl (C=O) groups is 2. The van der Waals surface area contributed by atoms with Crippen LogP contribution in [0.15, 0.2) is 18.2 Å². The number of hydrogen-bond acceptors (Lipinski definition) is 3. The molecule has 1 aromatic carbocycles. The third kappa shape index (κ3) is 3.05. The van der Waals surface area contributed by atoms with E-state index in [0.717, 1.165) is 24.2 Å². The molecule has 1 aromatic rings. The summed E-state index contributed by atoms with van der Waals surface area (Å²) in [6, 6.07) is 4.36. The molecule has 2 rings (SSSR count). The van der Waals surface area contributed by atoms with E-state index in [1.807, 2.05) is 0 Å². The summed E-state index contributed by atoms with van der Waals surface area (Å²) in [6.07, 6.45) is 2.17. The van der Waals surface area contributed by atoms with Gasteiger partial charge in [-0.05, 0) is 43.0 Å². The number of benzene rings is 1. The van der Waals surface area contributed by atoms with Crippen molar-refractivity contribution in [1.29, 1.82) is 0 Å². The minimum absolute atomic E-state index is 0.356. The Kier molecular flexibility index (Phi) is 4.04. The number of fused-ring (bicyclic) bond motifs is 1. The normalized spacial score (nSPS) is 15.0. The Morgan fingerprint density at radius 3 is 2.95 bits per heavy atom. The van der Waals surface area contributed by atoms with E-state index in [1.54, 1.807) is 25.1 Å². The molecule has 0 saturated heterocycles. The number of amides is 1. The van der Waals surface area contributed by atoms with Gasteiger partial charge in [-0.2, -0.15) is 0 Å². The molecule has 19 heavy (non-hydrogen) atoms. The van der Waals surface area contributed by atoms with Gasteiger partial charge in [0.1, 0.15) is 11.8 Å². The van der Waals surface area contributed by atoms with Gasteiger partial charge in [0.2, 0.25) is 0 Å². The molecular weight excluding hydrogens is 246 g/mol. The van der Waals surface area contributed by atoms with Crippen LogP contribution in [0, 0.1) is 0 Å². The minimum Gasteiger partial charge on any atom is -0.493 e. The Morgan fingerprint density at radius 1 is 1.47 bits per heavy atom. The highest BCUT2D eigenvalue weighted by Crippen LogP contribution is 2.25. The zero-order valence-electron chi connectivity index (χ0n) is 10.8. The smallest absolute Gasteiger partial charge is 0.326 e. The van der Waals surface area contributed by atoms with E-state index in [0.29, 0.717) is 18.6 Å². The summed E-state index contributed by atoms with van der Waals surface area (Å²) in [5.41, 5.74) is 1.48. The first-order chi connectivity index (χ1) is 9.11. The SMILES string of the molecule is CC[C@H](NC(=O)c1ccc2c(c1)CCCO2)C(=O)O. The summed E-state index contributed by atoms with van der Waals surface area (Å²) in [5.74, 6) is -0.562. The van der Waals surface area contributed by atoms with Gasteiger partial charge in [-0.3, -0.25) is 4.79 Å². The number of carbonyl (C=O) groups excluding carboxylic acids is 1. The van der Waals surface area contributed by atoms with Gasteiger partial charge in [-0.15, -0.1) is 0 Å². The molecule has 1 heterocycles. The van der Waals surface area contributed by atoms with Gasteiger partial charge in [0.05, 0.1) is 6.61 Å². The number of aliphatic carboxylic acids is 1. The van der Waals surface area contributed by atoms with Crippen LogP contribution in [-0.2, 0) is 11.2 Å². The maximum Gasteiger partial charge on any atom is 0.326 e. The second-order valence-corrected chi connectivity index (χ2v) is 4.55. The van der Waals surface area contributed by atoms with E-state index in [-0.39, 0.29) is 5.91 Å². The molecule has 0 radical (unpaired) electrons. The minimum atomic E-state index is -1.02. The quantitative estimate of drug-likeness (QED) is 0.865. The molecular formula is C14H17NO4. The van der Waals surface area contributed by atoms with E-state index >= 15 is 0 Å². The summed E-state index contributed by atoms with van der Waals surface area (Å²) >= 11 is 0. The van der Waals surface area contributed by atoms with Crippen molar-refractivity contribution in [3.8, 4) is 5.75 Å². The van der Waals surface area contributed by atoms with Crippen molar-refractivity contribution in [1.82, 2.24) is 5.32 Å². The van der Waals surface area contributed by atoms with Gasteiger partial charge in [-0.25, -0.2) is 4.79 Å². The van der Waals surface area contributed by atoms with E-state index in [4.69, 9.17) is 9.84 Å². The third-order valence-electron chi connectivity index (χ3n) is 3.18. The molecule has 102 valence electrons. The molecule has 1 amide bonds. The number of carboxylic acid groups (broad SMARTS) is 1. The molecule has 1 aliphatic heterocycles. The van der Waals surface area contributed by atoms with Crippen LogP contribution in [0.2, 0.25) is 0 Å². The summed E-state index contributed by atoms with van der Waals surface area (Å²) in [5, 5.41) is 11.4. The van der Waals surface area contributed by atoms with Crippen LogP contribution in [0.5, 0.6) is 5.75 Å². The van der Waals surface area contributed by atoms with Gasteiger partial charge >= 0.3 is 5.97 Å². The average Bonchev–Trinajstić information content (AvgIpc) is 2.43. The van der Waals surface area contributed by atoms with Gasteiger partial charge in [0, 0.05) is 5.56 Å². The highest BCUT2D eigenvalue weighted by atomic mass is 16.5. The lowest BCUT2D eigenvalue weighted by Crippen LogP contribution is -2.40. The average molecular weight is 263 g/mol. The number of nitrogens with one attached hydrogen (secondary N) is 1.